The molecule has 0 bridgehead atoms. The Morgan fingerprint density at radius 3 is 2.11 bits per heavy atom. The van der Waals surface area contributed by atoms with Gasteiger partial charge in [0.2, 0.25) is 0 Å². The van der Waals surface area contributed by atoms with Gasteiger partial charge in [0, 0.05) is 18.6 Å². The molecule has 0 unspecified atom stereocenters. The maximum Gasteiger partial charge on any atom is 0.347 e. The van der Waals surface area contributed by atoms with E-state index in [2.05, 4.69) is 12.2 Å². The van der Waals surface area contributed by atoms with Crippen LogP contribution < -0.4 is 0 Å². The van der Waals surface area contributed by atoms with Crippen LogP contribution in [0.15, 0.2) is 0 Å². The van der Waals surface area contributed by atoms with Gasteiger partial charge in [-0.15, -0.1) is 0 Å². The van der Waals surface area contributed by atoms with Crippen molar-refractivity contribution in [1.29, 1.82) is 0 Å². The third-order valence-electron chi connectivity index (χ3n) is 2.90. The van der Waals surface area contributed by atoms with Crippen molar-refractivity contribution in [2.24, 2.45) is 5.92 Å². The number of carbonyl (C=O) groups excluding carboxylic acids is 1. The number of ether oxygens (including phenoxy) is 1. The number of carbonyl (C=O) groups is 1. The van der Waals surface area contributed by atoms with E-state index < -0.39 is 5.24 Å². The van der Waals surface area contributed by atoms with Gasteiger partial charge in [0.05, 0.1) is 0 Å². The minimum absolute atomic E-state index is 0.0342. The minimum Gasteiger partial charge on any atom is -0.473 e. The molecule has 0 spiro atoms. The Morgan fingerprint density at radius 1 is 1.21 bits per heavy atom. The Morgan fingerprint density at radius 2 is 1.68 bits per heavy atom. The molecule has 19 heavy (non-hydrogen) atoms. The van der Waals surface area contributed by atoms with E-state index in [-0.39, 0.29) is 11.6 Å². The Bertz CT molecular complexity index is 274. The van der Waals surface area contributed by atoms with Crippen LogP contribution in [0.1, 0.15) is 65.7 Å². The Hall–Kier alpha value is -0.840. The van der Waals surface area contributed by atoms with Crippen molar-refractivity contribution in [3.63, 3.8) is 0 Å². The fourth-order valence-corrected chi connectivity index (χ4v) is 2.19. The highest BCUT2D eigenvalue weighted by Gasteiger charge is 2.19. The number of hydrogen-bond acceptors (Lipinski definition) is 3. The van der Waals surface area contributed by atoms with Crippen LogP contribution in [-0.4, -0.2) is 27.0 Å². The van der Waals surface area contributed by atoms with Crippen LogP contribution >= 0.6 is 12.2 Å². The average Bonchev–Trinajstić information content (AvgIpc) is 2.25. The van der Waals surface area contributed by atoms with E-state index in [1.165, 1.54) is 32.1 Å². The molecule has 0 aliphatic heterocycles. The summed E-state index contributed by atoms with van der Waals surface area (Å²) in [7, 11) is 0. The van der Waals surface area contributed by atoms with E-state index in [4.69, 9.17) is 14.9 Å². The molecule has 1 saturated carbocycles. The summed E-state index contributed by atoms with van der Waals surface area (Å²) >= 11 is 3.65. The molecule has 0 aromatic heterocycles. The molecular weight excluding hydrogens is 264 g/mol. The van der Waals surface area contributed by atoms with Gasteiger partial charge in [-0.3, -0.25) is 4.79 Å². The lowest BCUT2D eigenvalue weighted by molar-refractivity contribution is -0.155. The van der Waals surface area contributed by atoms with Crippen LogP contribution in [0.2, 0.25) is 0 Å². The van der Waals surface area contributed by atoms with Gasteiger partial charge in [-0.1, -0.05) is 32.1 Å². The molecule has 0 aromatic carbocycles. The molecule has 1 fully saturated rings. The highest BCUT2D eigenvalue weighted by atomic mass is 32.1. The first-order valence-electron chi connectivity index (χ1n) is 6.84. The Kier molecular flexibility index (Phi) is 8.72. The zero-order valence-electron chi connectivity index (χ0n) is 12.1. The van der Waals surface area contributed by atoms with Crippen LogP contribution in [0.5, 0.6) is 0 Å². The number of aliphatic hydroxyl groups excluding tert-OH is 1. The monoisotopic (exact) mass is 290 g/mol. The Labute approximate surface area is 121 Å². The molecule has 2 N–H and O–H groups in total. The van der Waals surface area contributed by atoms with Gasteiger partial charge in [-0.25, -0.2) is 0 Å². The lowest BCUT2D eigenvalue weighted by Gasteiger charge is -2.23. The molecule has 1 rings (SSSR count). The van der Waals surface area contributed by atoms with Gasteiger partial charge in [0.25, 0.3) is 0 Å². The second-order valence-electron chi connectivity index (χ2n) is 5.91. The van der Waals surface area contributed by atoms with Gasteiger partial charge < -0.3 is 14.9 Å². The van der Waals surface area contributed by atoms with Gasteiger partial charge in [-0.2, -0.15) is 0 Å². The normalized spacial score (nSPS) is 16.2. The molecule has 0 amide bonds. The largest absolute Gasteiger partial charge is 0.473 e. The number of esters is 1. The highest BCUT2D eigenvalue weighted by Crippen LogP contribution is 2.27. The molecule has 4 nitrogen and oxygen atoms in total. The molecule has 1 aliphatic rings. The third kappa shape index (κ3) is 13.4. The topological polar surface area (TPSA) is 66.8 Å². The summed E-state index contributed by atoms with van der Waals surface area (Å²) in [4.78, 5) is 11.5. The molecule has 1 aliphatic carbocycles. The second-order valence-corrected chi connectivity index (χ2v) is 6.28. The predicted octanol–water partition coefficient (Wildman–Crippen LogP) is 4.08. The summed E-state index contributed by atoms with van der Waals surface area (Å²) in [6, 6.07) is 0. The number of aliphatic hydroxyl groups is 2. The first kappa shape index (κ1) is 18.2. The van der Waals surface area contributed by atoms with Crippen molar-refractivity contribution in [2.45, 2.75) is 71.3 Å². The van der Waals surface area contributed by atoms with Gasteiger partial charge in [0.1, 0.15) is 5.60 Å². The smallest absolute Gasteiger partial charge is 0.347 e. The van der Waals surface area contributed by atoms with Crippen molar-refractivity contribution in [2.75, 3.05) is 0 Å². The fourth-order valence-electron chi connectivity index (χ4n) is 2.19. The van der Waals surface area contributed by atoms with Crippen LogP contribution in [0.3, 0.4) is 0 Å². The van der Waals surface area contributed by atoms with Crippen LogP contribution in [0.4, 0.5) is 0 Å². The lowest BCUT2D eigenvalue weighted by atomic mass is 9.86. The van der Waals surface area contributed by atoms with E-state index in [0.717, 1.165) is 12.3 Å². The maximum absolute atomic E-state index is 11.5. The van der Waals surface area contributed by atoms with Gasteiger partial charge in [0.15, 0.2) is 0 Å². The lowest BCUT2D eigenvalue weighted by Crippen LogP contribution is -2.24. The molecule has 0 heterocycles. The average molecular weight is 290 g/mol. The van der Waals surface area contributed by atoms with Crippen LogP contribution in [0.25, 0.3) is 0 Å². The molecule has 0 atom stereocenters. The molecule has 0 saturated heterocycles. The van der Waals surface area contributed by atoms with Crippen LogP contribution in [0, 0.1) is 5.92 Å². The van der Waals surface area contributed by atoms with Crippen LogP contribution in [-0.2, 0) is 9.53 Å². The summed E-state index contributed by atoms with van der Waals surface area (Å²) in [6.07, 6.45) is 8.31. The van der Waals surface area contributed by atoms with E-state index >= 15 is 0 Å². The quantitative estimate of drug-likeness (QED) is 0.605. The van der Waals surface area contributed by atoms with Crippen molar-refractivity contribution >= 4 is 23.4 Å². The molecule has 112 valence electrons. The molecular formula is C14H26O4S. The second kappa shape index (κ2) is 9.13. The van der Waals surface area contributed by atoms with E-state index in [1.54, 1.807) is 0 Å². The summed E-state index contributed by atoms with van der Waals surface area (Å²) in [5.74, 6) is 0.736. The first-order chi connectivity index (χ1) is 8.70. The van der Waals surface area contributed by atoms with E-state index in [1.807, 2.05) is 20.8 Å². The molecule has 0 radical (unpaired) electrons. The zero-order chi connectivity index (χ0) is 14.9. The van der Waals surface area contributed by atoms with Crippen molar-refractivity contribution in [3.8, 4) is 0 Å². The zero-order valence-corrected chi connectivity index (χ0v) is 13.0. The summed E-state index contributed by atoms with van der Waals surface area (Å²) in [5, 5.41) is 13.7. The fraction of sp³-hybridized carbons (Fsp3) is 0.857. The first-order valence-corrected chi connectivity index (χ1v) is 7.25. The summed E-state index contributed by atoms with van der Waals surface area (Å²) in [6.45, 7) is 5.77. The van der Waals surface area contributed by atoms with Gasteiger partial charge in [-0.05, 0) is 33.1 Å². The number of thiocarbonyl (C=S) groups is 1. The Balaban J connectivity index is 0.000000711. The predicted molar refractivity (Wildman–Crippen MR) is 79.5 cm³/mol. The minimum atomic E-state index is -1.000. The highest BCUT2D eigenvalue weighted by molar-refractivity contribution is 7.79. The van der Waals surface area contributed by atoms with Crippen molar-refractivity contribution in [1.82, 2.24) is 0 Å². The third-order valence-corrected chi connectivity index (χ3v) is 2.90. The van der Waals surface area contributed by atoms with Gasteiger partial charge >= 0.3 is 11.2 Å². The maximum atomic E-state index is 11.5. The SMILES string of the molecule is CC(C)(C)OC(=O)CCC1CCCCC1.OC(O)=S. The number of rotatable bonds is 3. The molecule has 0 aromatic rings. The van der Waals surface area contributed by atoms with Crippen molar-refractivity contribution < 1.29 is 19.7 Å². The summed E-state index contributed by atoms with van der Waals surface area (Å²) in [5.41, 5.74) is -0.330. The van der Waals surface area contributed by atoms with E-state index in [9.17, 15) is 4.79 Å². The molecule has 5 heteroatoms. The van der Waals surface area contributed by atoms with E-state index in [0.29, 0.717) is 6.42 Å². The standard InChI is InChI=1S/C13H24O2.CH2O2S/c1-13(2,3)15-12(14)10-9-11-7-5-4-6-8-11;2-1(3)4/h11H,4-10H2,1-3H3;(H2,2,3,4). The number of hydrogen-bond donors (Lipinski definition) is 2. The van der Waals surface area contributed by atoms with Crippen molar-refractivity contribution in [3.05, 3.63) is 0 Å². The summed E-state index contributed by atoms with van der Waals surface area (Å²) < 4.78 is 5.29.